The lowest BCUT2D eigenvalue weighted by atomic mass is 10.2. The van der Waals surface area contributed by atoms with Crippen molar-refractivity contribution in [3.8, 4) is 0 Å². The van der Waals surface area contributed by atoms with Crippen LogP contribution in [-0.2, 0) is 9.53 Å². The van der Waals surface area contributed by atoms with Crippen molar-refractivity contribution in [3.05, 3.63) is 18.1 Å². The Kier molecular flexibility index (Phi) is 3.60. The molecule has 1 amide bonds. The van der Waals surface area contributed by atoms with Gasteiger partial charge < -0.3 is 24.8 Å². The van der Waals surface area contributed by atoms with E-state index in [1.54, 1.807) is 0 Å². The van der Waals surface area contributed by atoms with Crippen LogP contribution in [0, 0.1) is 0 Å². The van der Waals surface area contributed by atoms with Crippen LogP contribution in [0.5, 0.6) is 0 Å². The van der Waals surface area contributed by atoms with E-state index in [4.69, 9.17) is 4.74 Å². The second kappa shape index (κ2) is 5.96. The van der Waals surface area contributed by atoms with Gasteiger partial charge in [-0.25, -0.2) is 9.97 Å². The number of ether oxygens (including phenoxy) is 1. The minimum atomic E-state index is -0.0566. The molecule has 8 heteroatoms. The molecule has 2 N–H and O–H groups in total. The molecule has 8 nitrogen and oxygen atoms in total. The molecule has 3 aliphatic rings. The molecular formula is C17H22N6O2. The molecule has 25 heavy (non-hydrogen) atoms. The van der Waals surface area contributed by atoms with Crippen LogP contribution in [-0.4, -0.2) is 71.1 Å². The molecule has 3 fully saturated rings. The summed E-state index contributed by atoms with van der Waals surface area (Å²) in [6, 6.07) is 2.67. The Labute approximate surface area is 145 Å². The largest absolute Gasteiger partial charge is 0.368 e. The quantitative estimate of drug-likeness (QED) is 0.787. The zero-order chi connectivity index (χ0) is 16.8. The fraction of sp³-hybridized carbons (Fsp3) is 0.588. The molecule has 3 atom stereocenters. The number of piperazine rings is 1. The molecule has 3 unspecified atom stereocenters. The molecule has 2 bridgehead atoms. The first kappa shape index (κ1) is 15.1. The maximum atomic E-state index is 11.3. The first-order valence-corrected chi connectivity index (χ1v) is 8.98. The Bertz CT molecular complexity index is 773. The van der Waals surface area contributed by atoms with E-state index < -0.39 is 0 Å². The van der Waals surface area contributed by atoms with Gasteiger partial charge >= 0.3 is 0 Å². The van der Waals surface area contributed by atoms with Gasteiger partial charge in [0.1, 0.15) is 17.4 Å². The molecule has 3 aliphatic heterocycles. The summed E-state index contributed by atoms with van der Waals surface area (Å²) in [6.45, 7) is 4.06. The number of fused-ring (bicyclic) bond motifs is 3. The second-order valence-corrected chi connectivity index (χ2v) is 7.06. The Morgan fingerprint density at radius 1 is 1.28 bits per heavy atom. The van der Waals surface area contributed by atoms with E-state index in [1.165, 1.54) is 0 Å². The molecule has 0 radical (unpaired) electrons. The Morgan fingerprint density at radius 3 is 2.84 bits per heavy atom. The van der Waals surface area contributed by atoms with Crippen molar-refractivity contribution >= 4 is 23.3 Å². The number of anilines is 1. The normalized spacial score (nSPS) is 29.4. The third-order valence-electron chi connectivity index (χ3n) is 5.62. The number of hydrogen-bond donors (Lipinski definition) is 2. The number of nitrogens with zero attached hydrogens (tertiary/aromatic N) is 4. The van der Waals surface area contributed by atoms with Gasteiger partial charge in [-0.1, -0.05) is 0 Å². The van der Waals surface area contributed by atoms with Crippen LogP contribution in [0.25, 0.3) is 11.2 Å². The zero-order valence-corrected chi connectivity index (χ0v) is 14.0. The Balaban J connectivity index is 1.47. The topological polar surface area (TPSA) is 86.4 Å². The molecule has 5 heterocycles. The maximum Gasteiger partial charge on any atom is 0.210 e. The summed E-state index contributed by atoms with van der Waals surface area (Å²) in [5.41, 5.74) is 2.81. The van der Waals surface area contributed by atoms with Gasteiger partial charge in [0.15, 0.2) is 5.65 Å². The number of pyridine rings is 1. The lowest BCUT2D eigenvalue weighted by molar-refractivity contribution is -0.121. The summed E-state index contributed by atoms with van der Waals surface area (Å²) in [7, 11) is 0. The Hall–Kier alpha value is -2.19. The number of nitrogens with one attached hydrogen (secondary N) is 2. The second-order valence-electron chi connectivity index (χ2n) is 7.06. The Morgan fingerprint density at radius 2 is 2.12 bits per heavy atom. The summed E-state index contributed by atoms with van der Waals surface area (Å²) in [6.07, 6.45) is 4.95. The van der Waals surface area contributed by atoms with Gasteiger partial charge in [0.2, 0.25) is 6.41 Å². The molecule has 0 spiro atoms. The lowest BCUT2D eigenvalue weighted by Gasteiger charge is -2.40. The summed E-state index contributed by atoms with van der Waals surface area (Å²) >= 11 is 0. The van der Waals surface area contributed by atoms with Gasteiger partial charge in [0.05, 0.1) is 12.3 Å². The van der Waals surface area contributed by atoms with E-state index in [0.29, 0.717) is 18.7 Å². The molecule has 2 aromatic rings. The van der Waals surface area contributed by atoms with E-state index in [0.717, 1.165) is 68.1 Å². The number of morpholine rings is 1. The molecule has 0 saturated carbocycles. The van der Waals surface area contributed by atoms with Crippen molar-refractivity contribution in [1.29, 1.82) is 0 Å². The van der Waals surface area contributed by atoms with Gasteiger partial charge in [0.25, 0.3) is 0 Å². The van der Waals surface area contributed by atoms with E-state index in [2.05, 4.69) is 25.2 Å². The maximum absolute atomic E-state index is 11.3. The van der Waals surface area contributed by atoms with Gasteiger partial charge in [-0.15, -0.1) is 0 Å². The molecule has 0 aliphatic carbocycles. The summed E-state index contributed by atoms with van der Waals surface area (Å²) in [5, 5.41) is 3.33. The standard InChI is InChI=1S/C17H22N6O2/c24-10-23-11-1-2-12(23)9-22(8-11)13-3-4-19-17-15(13)20-16(21-17)14-7-18-5-6-25-14/h3-4,10-12,14,18H,1-2,5-9H2,(H,19,20,21). The highest BCUT2D eigenvalue weighted by molar-refractivity contribution is 5.86. The number of rotatable bonds is 3. The third kappa shape index (κ3) is 2.47. The average Bonchev–Trinajstić information content (AvgIpc) is 3.20. The van der Waals surface area contributed by atoms with E-state index in [-0.39, 0.29) is 6.10 Å². The average molecular weight is 342 g/mol. The number of H-pyrrole nitrogens is 1. The fourth-order valence-corrected chi connectivity index (χ4v) is 4.38. The summed E-state index contributed by atoms with van der Waals surface area (Å²) < 4.78 is 5.81. The molecule has 0 aromatic carbocycles. The van der Waals surface area contributed by atoms with Crippen LogP contribution in [0.1, 0.15) is 24.8 Å². The van der Waals surface area contributed by atoms with Gasteiger partial charge in [-0.3, -0.25) is 4.79 Å². The highest BCUT2D eigenvalue weighted by atomic mass is 16.5. The number of aromatic nitrogens is 3. The van der Waals surface area contributed by atoms with Crippen LogP contribution in [0.4, 0.5) is 5.69 Å². The molecule has 3 saturated heterocycles. The van der Waals surface area contributed by atoms with Gasteiger partial charge in [-0.2, -0.15) is 0 Å². The van der Waals surface area contributed by atoms with Crippen LogP contribution in [0.2, 0.25) is 0 Å². The first-order valence-electron chi connectivity index (χ1n) is 8.98. The predicted molar refractivity (Wildman–Crippen MR) is 92.4 cm³/mol. The minimum Gasteiger partial charge on any atom is -0.368 e. The number of imidazole rings is 1. The highest BCUT2D eigenvalue weighted by Gasteiger charge is 2.39. The van der Waals surface area contributed by atoms with Crippen LogP contribution in [0.3, 0.4) is 0 Å². The number of aromatic amines is 1. The highest BCUT2D eigenvalue weighted by Crippen LogP contribution is 2.34. The van der Waals surface area contributed by atoms with Crippen molar-refractivity contribution in [2.75, 3.05) is 37.7 Å². The van der Waals surface area contributed by atoms with Crippen LogP contribution < -0.4 is 10.2 Å². The van der Waals surface area contributed by atoms with Crippen molar-refractivity contribution < 1.29 is 9.53 Å². The minimum absolute atomic E-state index is 0.0566. The third-order valence-corrected chi connectivity index (χ3v) is 5.62. The van der Waals surface area contributed by atoms with E-state index in [1.807, 2.05) is 17.2 Å². The predicted octanol–water partition coefficient (Wildman–Crippen LogP) is 0.428. The van der Waals surface area contributed by atoms with Crippen molar-refractivity contribution in [1.82, 2.24) is 25.2 Å². The number of amides is 1. The molecular weight excluding hydrogens is 320 g/mol. The van der Waals surface area contributed by atoms with Crippen molar-refractivity contribution in [2.45, 2.75) is 31.0 Å². The van der Waals surface area contributed by atoms with Gasteiger partial charge in [0, 0.05) is 44.5 Å². The number of hydrogen-bond acceptors (Lipinski definition) is 6. The number of carbonyl (C=O) groups excluding carboxylic acids is 1. The summed E-state index contributed by atoms with van der Waals surface area (Å²) in [5.74, 6) is 0.830. The van der Waals surface area contributed by atoms with Gasteiger partial charge in [-0.05, 0) is 18.9 Å². The lowest BCUT2D eigenvalue weighted by Crippen LogP contribution is -2.53. The smallest absolute Gasteiger partial charge is 0.210 e. The first-order chi connectivity index (χ1) is 12.3. The zero-order valence-electron chi connectivity index (χ0n) is 14.0. The summed E-state index contributed by atoms with van der Waals surface area (Å²) in [4.78, 5) is 28.2. The van der Waals surface area contributed by atoms with Crippen molar-refractivity contribution in [2.24, 2.45) is 0 Å². The van der Waals surface area contributed by atoms with E-state index in [9.17, 15) is 4.79 Å². The van der Waals surface area contributed by atoms with E-state index >= 15 is 0 Å². The SMILES string of the molecule is O=CN1C2CCC1CN(c1ccnc3nc(C4CNCCO4)[nH]c13)C2. The van der Waals surface area contributed by atoms with Crippen LogP contribution >= 0.6 is 0 Å². The van der Waals surface area contributed by atoms with Crippen molar-refractivity contribution in [3.63, 3.8) is 0 Å². The molecule has 2 aromatic heterocycles. The molecule has 132 valence electrons. The number of carbonyl (C=O) groups is 1. The van der Waals surface area contributed by atoms with Crippen LogP contribution in [0.15, 0.2) is 12.3 Å². The molecule has 5 rings (SSSR count). The monoisotopic (exact) mass is 342 g/mol. The fourth-order valence-electron chi connectivity index (χ4n) is 4.38.